The second-order valence-corrected chi connectivity index (χ2v) is 5.05. The van der Waals surface area contributed by atoms with Gasteiger partial charge in [-0.05, 0) is 24.3 Å². The maximum Gasteiger partial charge on any atom is 0.369 e. The predicted molar refractivity (Wildman–Crippen MR) is 59.2 cm³/mol. The predicted octanol–water partition coefficient (Wildman–Crippen LogP) is -1.91. The Hall–Kier alpha value is -0.540. The molecule has 82 valence electrons. The Morgan fingerprint density at radius 3 is 2.33 bits per heavy atom. The van der Waals surface area contributed by atoms with Gasteiger partial charge in [-0.15, -0.1) is 0 Å². The van der Waals surface area contributed by atoms with Crippen LogP contribution >= 0.6 is 15.9 Å². The van der Waals surface area contributed by atoms with E-state index in [0.29, 0.717) is 0 Å². The third kappa shape index (κ3) is 2.95. The second-order valence-electron chi connectivity index (χ2n) is 4.13. The summed E-state index contributed by atoms with van der Waals surface area (Å²) in [5.74, 6) is 0.877. The van der Waals surface area contributed by atoms with Crippen LogP contribution in [0, 0.1) is 0 Å². The van der Waals surface area contributed by atoms with Crippen molar-refractivity contribution in [3.63, 3.8) is 0 Å². The molecule has 15 heavy (non-hydrogen) atoms. The Labute approximate surface area is 104 Å². The fraction of sp³-hybridized carbons (Fsp3) is 0.364. The van der Waals surface area contributed by atoms with Gasteiger partial charge in [-0.1, -0.05) is 15.9 Å². The molecule has 4 heteroatoms. The van der Waals surface area contributed by atoms with Crippen molar-refractivity contribution in [2.45, 2.75) is 19.4 Å². The lowest BCUT2D eigenvalue weighted by Gasteiger charge is -2.01. The van der Waals surface area contributed by atoms with E-state index in [4.69, 9.17) is 4.74 Å². The van der Waals surface area contributed by atoms with Crippen molar-refractivity contribution in [2.24, 2.45) is 0 Å². The van der Waals surface area contributed by atoms with Crippen LogP contribution in [-0.4, -0.2) is 18.0 Å². The summed E-state index contributed by atoms with van der Waals surface area (Å²) >= 11 is 3.41. The molecule has 0 spiro atoms. The maximum absolute atomic E-state index is 5.58. The zero-order chi connectivity index (χ0) is 10.2. The lowest BCUT2D eigenvalue weighted by atomic mass is 10.1. The maximum atomic E-state index is 5.58. The van der Waals surface area contributed by atoms with Crippen LogP contribution in [0.2, 0.25) is 0 Å². The van der Waals surface area contributed by atoms with Crippen LogP contribution in [-0.2, 0) is 4.74 Å². The molecule has 1 N–H and O–H groups in total. The molecule has 0 bridgehead atoms. The van der Waals surface area contributed by atoms with Crippen molar-refractivity contribution in [2.75, 3.05) is 6.61 Å². The van der Waals surface area contributed by atoms with Crippen LogP contribution in [0.15, 0.2) is 28.7 Å². The number of halogens is 2. The van der Waals surface area contributed by atoms with E-state index in [0.717, 1.165) is 22.5 Å². The van der Waals surface area contributed by atoms with Gasteiger partial charge < -0.3 is 17.1 Å². The van der Waals surface area contributed by atoms with E-state index in [1.165, 1.54) is 0 Å². The summed E-state index contributed by atoms with van der Waals surface area (Å²) < 4.78 is 6.67. The van der Waals surface area contributed by atoms with E-state index in [1.807, 2.05) is 24.3 Å². The number of ether oxygens (including phenoxy) is 1. The third-order valence-corrected chi connectivity index (χ3v) is 2.66. The Kier molecular flexibility index (Phi) is 3.79. The van der Waals surface area contributed by atoms with Crippen LogP contribution in [0.1, 0.15) is 19.4 Å². The molecule has 0 aliphatic carbocycles. The molecule has 1 aliphatic rings. The van der Waals surface area contributed by atoms with Gasteiger partial charge in [0.2, 0.25) is 0 Å². The van der Waals surface area contributed by atoms with Crippen molar-refractivity contribution in [1.82, 2.24) is 0 Å². The zero-order valence-electron chi connectivity index (χ0n) is 8.68. The molecule has 1 aromatic rings. The van der Waals surface area contributed by atoms with Crippen LogP contribution in [0.5, 0.6) is 0 Å². The Morgan fingerprint density at radius 1 is 1.27 bits per heavy atom. The lowest BCUT2D eigenvalue weighted by Crippen LogP contribution is -3.00. The summed E-state index contributed by atoms with van der Waals surface area (Å²) in [5, 5.41) is 0. The molecule has 2 rings (SSSR count). The van der Waals surface area contributed by atoms with Crippen molar-refractivity contribution < 1.29 is 22.1 Å². The normalized spacial score (nSPS) is 17.7. The first kappa shape index (κ1) is 12.5. The van der Waals surface area contributed by atoms with Crippen molar-refractivity contribution in [1.29, 1.82) is 0 Å². The van der Waals surface area contributed by atoms with Gasteiger partial charge in [-0.3, -0.25) is 0 Å². The SMILES string of the molecule is CC1(C)COC(c2ccc(Br)cc2)=[NH+]1.[Cl-]. The molecule has 0 atom stereocenters. The van der Waals surface area contributed by atoms with E-state index in [1.54, 1.807) is 0 Å². The number of nitrogens with one attached hydrogen (secondary N) is 1. The van der Waals surface area contributed by atoms with E-state index < -0.39 is 0 Å². The molecule has 1 aliphatic heterocycles. The summed E-state index contributed by atoms with van der Waals surface area (Å²) in [6.45, 7) is 4.97. The average Bonchev–Trinajstić information content (AvgIpc) is 2.47. The Bertz CT molecular complexity index is 373. The van der Waals surface area contributed by atoms with Crippen molar-refractivity contribution in [3.8, 4) is 0 Å². The third-order valence-electron chi connectivity index (χ3n) is 2.14. The number of hydrogen-bond acceptors (Lipinski definition) is 1. The molecule has 2 nitrogen and oxygen atoms in total. The van der Waals surface area contributed by atoms with Crippen LogP contribution < -0.4 is 17.4 Å². The number of hydrogen-bond donors (Lipinski definition) is 1. The van der Waals surface area contributed by atoms with Gasteiger partial charge in [0.15, 0.2) is 12.1 Å². The first-order valence-electron chi connectivity index (χ1n) is 4.61. The first-order valence-corrected chi connectivity index (χ1v) is 5.40. The highest BCUT2D eigenvalue weighted by Gasteiger charge is 2.34. The van der Waals surface area contributed by atoms with Crippen molar-refractivity contribution in [3.05, 3.63) is 34.3 Å². The van der Waals surface area contributed by atoms with Gasteiger partial charge >= 0.3 is 5.90 Å². The molecule has 0 radical (unpaired) electrons. The molecule has 1 heterocycles. The molecule has 0 saturated heterocycles. The van der Waals surface area contributed by atoms with E-state index in [2.05, 4.69) is 34.8 Å². The van der Waals surface area contributed by atoms with Gasteiger partial charge in [-0.2, -0.15) is 0 Å². The standard InChI is InChI=1S/C11H12BrNO.ClH/c1-11(2)7-14-10(13-11)8-3-5-9(12)6-4-8;/h3-6H,7H2,1-2H3;1H. The van der Waals surface area contributed by atoms with Crippen molar-refractivity contribution >= 4 is 21.8 Å². The van der Waals surface area contributed by atoms with E-state index in [-0.39, 0.29) is 17.9 Å². The van der Waals surface area contributed by atoms with Crippen LogP contribution in [0.4, 0.5) is 0 Å². The molecule has 0 fully saturated rings. The molecule has 0 amide bonds. The largest absolute Gasteiger partial charge is 1.00 e. The minimum Gasteiger partial charge on any atom is -1.00 e. The monoisotopic (exact) mass is 289 g/mol. The molecule has 0 saturated carbocycles. The summed E-state index contributed by atoms with van der Waals surface area (Å²) in [7, 11) is 0. The van der Waals surface area contributed by atoms with Gasteiger partial charge in [0.05, 0.1) is 5.56 Å². The Morgan fingerprint density at radius 2 is 1.87 bits per heavy atom. The smallest absolute Gasteiger partial charge is 0.369 e. The topological polar surface area (TPSA) is 23.2 Å². The summed E-state index contributed by atoms with van der Waals surface area (Å²) in [4.78, 5) is 3.35. The molecular weight excluding hydrogens is 277 g/mol. The van der Waals surface area contributed by atoms with E-state index in [9.17, 15) is 0 Å². The molecule has 1 aromatic carbocycles. The highest BCUT2D eigenvalue weighted by atomic mass is 79.9. The van der Waals surface area contributed by atoms with Gasteiger partial charge in [-0.25, -0.2) is 4.99 Å². The average molecular weight is 291 g/mol. The summed E-state index contributed by atoms with van der Waals surface area (Å²) in [5.41, 5.74) is 1.14. The van der Waals surface area contributed by atoms with Crippen LogP contribution in [0.3, 0.4) is 0 Å². The van der Waals surface area contributed by atoms with Gasteiger partial charge in [0.1, 0.15) is 0 Å². The summed E-state index contributed by atoms with van der Waals surface area (Å²) in [6, 6.07) is 8.10. The summed E-state index contributed by atoms with van der Waals surface area (Å²) in [6.07, 6.45) is 0. The highest BCUT2D eigenvalue weighted by molar-refractivity contribution is 9.10. The minimum atomic E-state index is 0. The first-order chi connectivity index (χ1) is 6.57. The fourth-order valence-corrected chi connectivity index (χ4v) is 1.65. The van der Waals surface area contributed by atoms with Crippen LogP contribution in [0.25, 0.3) is 0 Å². The molecule has 0 aromatic heterocycles. The quantitative estimate of drug-likeness (QED) is 0.641. The van der Waals surface area contributed by atoms with Gasteiger partial charge in [0.25, 0.3) is 0 Å². The molecular formula is C11H13BrClNO. The zero-order valence-corrected chi connectivity index (χ0v) is 11.0. The lowest BCUT2D eigenvalue weighted by molar-refractivity contribution is -0.529. The van der Waals surface area contributed by atoms with Gasteiger partial charge in [0, 0.05) is 18.3 Å². The fourth-order valence-electron chi connectivity index (χ4n) is 1.39. The minimum absolute atomic E-state index is 0. The highest BCUT2D eigenvalue weighted by Crippen LogP contribution is 2.12. The number of rotatable bonds is 1. The Balaban J connectivity index is 0.00000112. The number of benzene rings is 1. The molecule has 0 unspecified atom stereocenters. The van der Waals surface area contributed by atoms with E-state index >= 15 is 0 Å². The second kappa shape index (κ2) is 4.54.